The molecule has 9 nitrogen and oxygen atoms in total. The second-order valence-electron chi connectivity index (χ2n) is 9.59. The van der Waals surface area contributed by atoms with Crippen LogP contribution in [0.5, 0.6) is 0 Å². The molecule has 36 heavy (non-hydrogen) atoms. The number of nitrogens with zero attached hydrogens (tertiary/aromatic N) is 2. The predicted octanol–water partition coefficient (Wildman–Crippen LogP) is 2.74. The number of unbranched alkanes of at least 4 members (excludes halogenated alkanes) is 9. The Bertz CT molecular complexity index is 787. The Kier molecular flexibility index (Phi) is 13.7. The third-order valence-electron chi connectivity index (χ3n) is 6.67. The molecule has 2 aliphatic heterocycles. The fourth-order valence-corrected chi connectivity index (χ4v) is 4.54. The van der Waals surface area contributed by atoms with Crippen molar-refractivity contribution in [3.63, 3.8) is 0 Å². The molecule has 1 atom stereocenters. The van der Waals surface area contributed by atoms with Crippen LogP contribution in [0.2, 0.25) is 0 Å². The first-order valence-electron chi connectivity index (χ1n) is 13.5. The highest BCUT2D eigenvalue weighted by molar-refractivity contribution is 6.13. The predicted molar refractivity (Wildman–Crippen MR) is 137 cm³/mol. The molecule has 0 bridgehead atoms. The average Bonchev–Trinajstić information content (AvgIpc) is 3.35. The summed E-state index contributed by atoms with van der Waals surface area (Å²) >= 11 is 0. The smallest absolute Gasteiger partial charge is 0.253 e. The normalized spacial score (nSPS) is 16.0. The molecule has 0 aliphatic carbocycles. The lowest BCUT2D eigenvalue weighted by Gasteiger charge is -2.20. The van der Waals surface area contributed by atoms with Crippen molar-refractivity contribution in [1.82, 2.24) is 15.1 Å². The van der Waals surface area contributed by atoms with E-state index in [-0.39, 0.29) is 48.5 Å². The highest BCUT2D eigenvalue weighted by atomic mass is 16.2. The molecule has 200 valence electrons. The minimum atomic E-state index is -0.364. The molecule has 1 unspecified atom stereocenters. The van der Waals surface area contributed by atoms with Gasteiger partial charge in [0, 0.05) is 49.9 Å². The van der Waals surface area contributed by atoms with E-state index in [1.165, 1.54) is 29.2 Å². The summed E-state index contributed by atoms with van der Waals surface area (Å²) in [5, 5.41) is 3.12. The first-order valence-corrected chi connectivity index (χ1v) is 13.5. The molecule has 5 amide bonds. The molecule has 2 heterocycles. The molecule has 0 aromatic heterocycles. The van der Waals surface area contributed by atoms with E-state index < -0.39 is 0 Å². The molecular formula is C27H42N4O5. The van der Waals surface area contributed by atoms with Gasteiger partial charge in [0.2, 0.25) is 5.91 Å². The Labute approximate surface area is 214 Å². The standard InChI is InChI=1S/C27H42N4O5/c28-19-10-6-3-5-9-13-22(29-23(32)18-21-31-26(35)16-17-27(31)36)12-8-4-1-2-7-11-20-30-24(33)14-15-25(30)34/h14-17,22H,1-13,18-21,28H2,(H,29,32). The number of rotatable bonds is 20. The van der Waals surface area contributed by atoms with Gasteiger partial charge < -0.3 is 11.1 Å². The molecule has 2 rings (SSSR count). The zero-order chi connectivity index (χ0) is 26.2. The van der Waals surface area contributed by atoms with Gasteiger partial charge >= 0.3 is 0 Å². The molecule has 0 aromatic carbocycles. The van der Waals surface area contributed by atoms with Gasteiger partial charge in [0.1, 0.15) is 0 Å². The first kappa shape index (κ1) is 29.4. The minimum absolute atomic E-state index is 0.0924. The maximum absolute atomic E-state index is 12.5. The number of nitrogens with one attached hydrogen (secondary N) is 1. The largest absolute Gasteiger partial charge is 0.353 e. The zero-order valence-electron chi connectivity index (χ0n) is 21.4. The number of carbonyl (C=O) groups is 5. The molecular weight excluding hydrogens is 460 g/mol. The first-order chi connectivity index (χ1) is 17.4. The van der Waals surface area contributed by atoms with Crippen LogP contribution in [0.3, 0.4) is 0 Å². The summed E-state index contributed by atoms with van der Waals surface area (Å²) in [5.41, 5.74) is 5.55. The molecule has 0 aromatic rings. The van der Waals surface area contributed by atoms with Gasteiger partial charge in [-0.3, -0.25) is 33.8 Å². The van der Waals surface area contributed by atoms with E-state index in [0.717, 1.165) is 94.9 Å². The van der Waals surface area contributed by atoms with Gasteiger partial charge in [-0.2, -0.15) is 0 Å². The van der Waals surface area contributed by atoms with E-state index in [0.29, 0.717) is 6.54 Å². The lowest BCUT2D eigenvalue weighted by atomic mass is 10.00. The van der Waals surface area contributed by atoms with Crippen LogP contribution in [0.25, 0.3) is 0 Å². The van der Waals surface area contributed by atoms with E-state index in [1.807, 2.05) is 0 Å². The van der Waals surface area contributed by atoms with Crippen LogP contribution in [0.15, 0.2) is 24.3 Å². The van der Waals surface area contributed by atoms with E-state index in [9.17, 15) is 24.0 Å². The van der Waals surface area contributed by atoms with E-state index >= 15 is 0 Å². The van der Waals surface area contributed by atoms with Crippen LogP contribution >= 0.6 is 0 Å². The monoisotopic (exact) mass is 502 g/mol. The second-order valence-corrected chi connectivity index (χ2v) is 9.59. The maximum atomic E-state index is 12.5. The van der Waals surface area contributed by atoms with Crippen LogP contribution in [0.4, 0.5) is 0 Å². The van der Waals surface area contributed by atoms with Crippen molar-refractivity contribution in [2.45, 2.75) is 95.9 Å². The van der Waals surface area contributed by atoms with Crippen LogP contribution < -0.4 is 11.1 Å². The highest BCUT2D eigenvalue weighted by Gasteiger charge is 2.24. The number of imide groups is 2. The SMILES string of the molecule is NCCCCCCCC(CCCCCCCCN1C(=O)C=CC1=O)NC(=O)CCN1C(=O)C=CC1=O. The van der Waals surface area contributed by atoms with Gasteiger partial charge in [0.05, 0.1) is 0 Å². The van der Waals surface area contributed by atoms with Crippen molar-refractivity contribution in [3.8, 4) is 0 Å². The van der Waals surface area contributed by atoms with E-state index in [2.05, 4.69) is 5.32 Å². The van der Waals surface area contributed by atoms with Crippen molar-refractivity contribution in [3.05, 3.63) is 24.3 Å². The molecule has 0 saturated heterocycles. The Hall–Kier alpha value is -2.81. The molecule has 0 spiro atoms. The van der Waals surface area contributed by atoms with E-state index in [1.54, 1.807) is 0 Å². The molecule has 0 saturated carbocycles. The summed E-state index contributed by atoms with van der Waals surface area (Å²) in [6.45, 7) is 1.31. The molecule has 9 heteroatoms. The number of hydrogen-bond acceptors (Lipinski definition) is 6. The van der Waals surface area contributed by atoms with Gasteiger partial charge in [-0.25, -0.2) is 0 Å². The number of carbonyl (C=O) groups excluding carboxylic acids is 5. The molecule has 0 radical (unpaired) electrons. The molecule has 3 N–H and O–H groups in total. The van der Waals surface area contributed by atoms with Crippen molar-refractivity contribution in [1.29, 1.82) is 0 Å². The summed E-state index contributed by atoms with van der Waals surface area (Å²) in [4.78, 5) is 61.4. The lowest BCUT2D eigenvalue weighted by molar-refractivity contribution is -0.138. The Balaban J connectivity index is 1.62. The fraction of sp³-hybridized carbons (Fsp3) is 0.667. The minimum Gasteiger partial charge on any atom is -0.353 e. The molecule has 0 fully saturated rings. The maximum Gasteiger partial charge on any atom is 0.253 e. The van der Waals surface area contributed by atoms with Crippen LogP contribution in [-0.2, 0) is 24.0 Å². The second kappa shape index (κ2) is 16.8. The third kappa shape index (κ3) is 10.8. The van der Waals surface area contributed by atoms with Gasteiger partial charge in [-0.1, -0.05) is 57.8 Å². The Morgan fingerprint density at radius 3 is 1.56 bits per heavy atom. The van der Waals surface area contributed by atoms with Crippen LogP contribution in [-0.4, -0.2) is 65.0 Å². The van der Waals surface area contributed by atoms with Crippen molar-refractivity contribution >= 4 is 29.5 Å². The van der Waals surface area contributed by atoms with Crippen LogP contribution in [0, 0.1) is 0 Å². The van der Waals surface area contributed by atoms with Gasteiger partial charge in [0.15, 0.2) is 0 Å². The number of amides is 5. The summed E-state index contributed by atoms with van der Waals surface area (Å²) in [6.07, 6.45) is 18.5. The number of nitrogens with two attached hydrogens (primary N) is 1. The summed E-state index contributed by atoms with van der Waals surface area (Å²) in [6, 6.07) is 0.0924. The fourth-order valence-electron chi connectivity index (χ4n) is 4.54. The summed E-state index contributed by atoms with van der Waals surface area (Å²) in [7, 11) is 0. The van der Waals surface area contributed by atoms with Crippen molar-refractivity contribution in [2.75, 3.05) is 19.6 Å². The average molecular weight is 503 g/mol. The van der Waals surface area contributed by atoms with Crippen molar-refractivity contribution < 1.29 is 24.0 Å². The third-order valence-corrected chi connectivity index (χ3v) is 6.67. The quantitative estimate of drug-likeness (QED) is 0.194. The topological polar surface area (TPSA) is 130 Å². The lowest BCUT2D eigenvalue weighted by Crippen LogP contribution is -2.38. The zero-order valence-corrected chi connectivity index (χ0v) is 21.4. The highest BCUT2D eigenvalue weighted by Crippen LogP contribution is 2.15. The Morgan fingerprint density at radius 1 is 0.639 bits per heavy atom. The van der Waals surface area contributed by atoms with Crippen molar-refractivity contribution in [2.24, 2.45) is 5.73 Å². The van der Waals surface area contributed by atoms with Crippen LogP contribution in [0.1, 0.15) is 89.9 Å². The number of hydrogen-bond donors (Lipinski definition) is 2. The Morgan fingerprint density at radius 2 is 1.06 bits per heavy atom. The van der Waals surface area contributed by atoms with Gasteiger partial charge in [0.25, 0.3) is 23.6 Å². The van der Waals surface area contributed by atoms with E-state index in [4.69, 9.17) is 5.73 Å². The summed E-state index contributed by atoms with van der Waals surface area (Å²) in [5.74, 6) is -1.30. The summed E-state index contributed by atoms with van der Waals surface area (Å²) < 4.78 is 0. The molecule has 2 aliphatic rings. The van der Waals surface area contributed by atoms with Gasteiger partial charge in [-0.15, -0.1) is 0 Å². The van der Waals surface area contributed by atoms with Gasteiger partial charge in [-0.05, 0) is 32.2 Å².